The fourth-order valence-corrected chi connectivity index (χ4v) is 3.24. The Kier molecular flexibility index (Phi) is 3.68. The van der Waals surface area contributed by atoms with Crippen LogP contribution in [0.2, 0.25) is 0 Å². The number of amides is 2. The maximum absolute atomic E-state index is 12.2. The van der Waals surface area contributed by atoms with E-state index in [2.05, 4.69) is 10.6 Å². The minimum Gasteiger partial charge on any atom is -0.396 e. The molecule has 1 saturated carbocycles. The summed E-state index contributed by atoms with van der Waals surface area (Å²) in [6.45, 7) is 0.624. The van der Waals surface area contributed by atoms with Crippen molar-refractivity contribution in [3.8, 4) is 0 Å². The lowest BCUT2D eigenvalue weighted by Crippen LogP contribution is -2.38. The lowest BCUT2D eigenvalue weighted by molar-refractivity contribution is -0.115. The number of aliphatic hydroxyl groups is 1. The highest BCUT2D eigenvalue weighted by molar-refractivity contribution is 6.02. The molecule has 1 aliphatic heterocycles. The van der Waals surface area contributed by atoms with Crippen molar-refractivity contribution in [1.82, 2.24) is 5.32 Å². The second kappa shape index (κ2) is 5.48. The van der Waals surface area contributed by atoms with Gasteiger partial charge in [-0.05, 0) is 30.5 Å². The van der Waals surface area contributed by atoms with Crippen LogP contribution in [-0.2, 0) is 11.2 Å². The van der Waals surface area contributed by atoms with E-state index in [0.29, 0.717) is 18.5 Å². The summed E-state index contributed by atoms with van der Waals surface area (Å²) in [5.74, 6) is -0.188. The van der Waals surface area contributed by atoms with Gasteiger partial charge in [0.2, 0.25) is 5.91 Å². The maximum Gasteiger partial charge on any atom is 0.251 e. The summed E-state index contributed by atoms with van der Waals surface area (Å²) in [5, 5.41) is 15.2. The molecule has 0 unspecified atom stereocenters. The summed E-state index contributed by atoms with van der Waals surface area (Å²) in [6, 6.07) is 5.28. The number of rotatable bonds is 4. The van der Waals surface area contributed by atoms with E-state index in [1.807, 2.05) is 6.07 Å². The number of carbonyl (C=O) groups is 2. The minimum absolute atomic E-state index is 0.0345. The van der Waals surface area contributed by atoms with Crippen LogP contribution in [0.25, 0.3) is 0 Å². The molecule has 0 aromatic heterocycles. The number of aliphatic hydroxyl groups excluding tert-OH is 1. The van der Waals surface area contributed by atoms with E-state index >= 15 is 0 Å². The zero-order valence-corrected chi connectivity index (χ0v) is 11.9. The molecule has 1 heterocycles. The number of nitrogens with one attached hydrogen (secondary N) is 2. The zero-order chi connectivity index (χ0) is 14.9. The van der Waals surface area contributed by atoms with Gasteiger partial charge in [0.05, 0.1) is 13.0 Å². The average molecular weight is 288 g/mol. The molecule has 1 aromatic carbocycles. The summed E-state index contributed by atoms with van der Waals surface area (Å²) < 4.78 is 0. The van der Waals surface area contributed by atoms with Gasteiger partial charge in [-0.25, -0.2) is 0 Å². The van der Waals surface area contributed by atoms with Crippen molar-refractivity contribution in [2.24, 2.45) is 5.41 Å². The van der Waals surface area contributed by atoms with Gasteiger partial charge in [0.15, 0.2) is 0 Å². The van der Waals surface area contributed by atoms with Crippen molar-refractivity contribution < 1.29 is 14.7 Å². The predicted molar refractivity (Wildman–Crippen MR) is 79.1 cm³/mol. The molecule has 1 aromatic rings. The van der Waals surface area contributed by atoms with Gasteiger partial charge in [0, 0.05) is 23.2 Å². The average Bonchev–Trinajstić information content (AvgIpc) is 3.09. The van der Waals surface area contributed by atoms with Crippen LogP contribution in [0, 0.1) is 5.41 Å². The molecule has 112 valence electrons. The van der Waals surface area contributed by atoms with Gasteiger partial charge >= 0.3 is 0 Å². The van der Waals surface area contributed by atoms with Gasteiger partial charge < -0.3 is 15.7 Å². The van der Waals surface area contributed by atoms with Crippen LogP contribution in [-0.4, -0.2) is 30.1 Å². The Hall–Kier alpha value is -1.88. The molecule has 0 bridgehead atoms. The smallest absolute Gasteiger partial charge is 0.251 e. The molecule has 0 radical (unpaired) electrons. The van der Waals surface area contributed by atoms with Crippen molar-refractivity contribution in [2.45, 2.75) is 32.1 Å². The molecule has 3 rings (SSSR count). The highest BCUT2D eigenvalue weighted by Gasteiger charge is 2.33. The van der Waals surface area contributed by atoms with Crippen LogP contribution >= 0.6 is 0 Å². The number of hydrogen-bond acceptors (Lipinski definition) is 3. The maximum atomic E-state index is 12.2. The number of hydrogen-bond donors (Lipinski definition) is 3. The number of fused-ring (bicyclic) bond motifs is 1. The highest BCUT2D eigenvalue weighted by Crippen LogP contribution is 2.37. The molecule has 1 aliphatic carbocycles. The third-order valence-electron chi connectivity index (χ3n) is 4.62. The van der Waals surface area contributed by atoms with Gasteiger partial charge in [0.1, 0.15) is 0 Å². The Morgan fingerprint density at radius 2 is 2.10 bits per heavy atom. The van der Waals surface area contributed by atoms with E-state index in [-0.39, 0.29) is 23.8 Å². The largest absolute Gasteiger partial charge is 0.396 e. The molecule has 5 heteroatoms. The fourth-order valence-electron chi connectivity index (χ4n) is 3.24. The normalized spacial score (nSPS) is 19.2. The molecule has 21 heavy (non-hydrogen) atoms. The molecule has 3 N–H and O–H groups in total. The van der Waals surface area contributed by atoms with Gasteiger partial charge in [-0.3, -0.25) is 9.59 Å². The first-order valence-corrected chi connectivity index (χ1v) is 7.44. The lowest BCUT2D eigenvalue weighted by Gasteiger charge is -2.26. The summed E-state index contributed by atoms with van der Waals surface area (Å²) >= 11 is 0. The Balaban J connectivity index is 1.66. The monoisotopic (exact) mass is 288 g/mol. The van der Waals surface area contributed by atoms with Crippen LogP contribution in [0.15, 0.2) is 18.2 Å². The van der Waals surface area contributed by atoms with Gasteiger partial charge in [-0.2, -0.15) is 0 Å². The Labute approximate surface area is 123 Å². The van der Waals surface area contributed by atoms with Crippen molar-refractivity contribution in [3.05, 3.63) is 29.3 Å². The number of anilines is 1. The predicted octanol–water partition coefficient (Wildman–Crippen LogP) is 1.46. The Morgan fingerprint density at radius 3 is 2.81 bits per heavy atom. The molecule has 0 saturated heterocycles. The van der Waals surface area contributed by atoms with Crippen LogP contribution in [0.1, 0.15) is 41.6 Å². The van der Waals surface area contributed by atoms with Gasteiger partial charge in [-0.15, -0.1) is 0 Å². The molecular formula is C16H20N2O3. The van der Waals surface area contributed by atoms with E-state index in [1.54, 1.807) is 12.1 Å². The lowest BCUT2D eigenvalue weighted by atomic mass is 9.87. The van der Waals surface area contributed by atoms with E-state index in [0.717, 1.165) is 36.9 Å². The van der Waals surface area contributed by atoms with Crippen LogP contribution in [0.5, 0.6) is 0 Å². The third kappa shape index (κ3) is 2.78. The van der Waals surface area contributed by atoms with Crippen molar-refractivity contribution in [1.29, 1.82) is 0 Å². The van der Waals surface area contributed by atoms with Crippen molar-refractivity contribution in [3.63, 3.8) is 0 Å². The topological polar surface area (TPSA) is 78.4 Å². The number of carbonyl (C=O) groups excluding carboxylic acids is 2. The first-order valence-electron chi connectivity index (χ1n) is 7.44. The summed E-state index contributed by atoms with van der Waals surface area (Å²) in [6.07, 6.45) is 4.53. The molecule has 0 atom stereocenters. The third-order valence-corrected chi connectivity index (χ3v) is 4.62. The Morgan fingerprint density at radius 1 is 1.33 bits per heavy atom. The quantitative estimate of drug-likeness (QED) is 0.785. The second-order valence-corrected chi connectivity index (χ2v) is 6.14. The SMILES string of the molecule is O=C1Cc2ccc(C(=O)NCC3(CO)CCCC3)cc2N1. The first kappa shape index (κ1) is 14.1. The van der Waals surface area contributed by atoms with Gasteiger partial charge in [-0.1, -0.05) is 18.9 Å². The molecule has 0 spiro atoms. The van der Waals surface area contributed by atoms with Crippen molar-refractivity contribution >= 4 is 17.5 Å². The van der Waals surface area contributed by atoms with E-state index < -0.39 is 0 Å². The molecular weight excluding hydrogens is 268 g/mol. The zero-order valence-electron chi connectivity index (χ0n) is 11.9. The summed E-state index contributed by atoms with van der Waals surface area (Å²) in [7, 11) is 0. The standard InChI is InChI=1S/C16H20N2O3/c19-10-16(5-1-2-6-16)9-17-15(21)12-4-3-11-8-14(20)18-13(11)7-12/h3-4,7,19H,1-2,5-6,8-10H2,(H,17,21)(H,18,20). The Bertz CT molecular complexity index is 577. The first-order chi connectivity index (χ1) is 10.1. The van der Waals surface area contributed by atoms with E-state index in [9.17, 15) is 14.7 Å². The summed E-state index contributed by atoms with van der Waals surface area (Å²) in [5.41, 5.74) is 2.05. The fraction of sp³-hybridized carbons (Fsp3) is 0.500. The molecule has 5 nitrogen and oxygen atoms in total. The number of benzene rings is 1. The van der Waals surface area contributed by atoms with E-state index in [4.69, 9.17) is 0 Å². The van der Waals surface area contributed by atoms with Crippen LogP contribution in [0.3, 0.4) is 0 Å². The van der Waals surface area contributed by atoms with Crippen molar-refractivity contribution in [2.75, 3.05) is 18.5 Å². The summed E-state index contributed by atoms with van der Waals surface area (Å²) in [4.78, 5) is 23.6. The highest BCUT2D eigenvalue weighted by atomic mass is 16.3. The van der Waals surface area contributed by atoms with Crippen LogP contribution in [0.4, 0.5) is 5.69 Å². The second-order valence-electron chi connectivity index (χ2n) is 6.14. The van der Waals surface area contributed by atoms with Gasteiger partial charge in [0.25, 0.3) is 5.91 Å². The minimum atomic E-state index is -0.154. The van der Waals surface area contributed by atoms with E-state index in [1.165, 1.54) is 0 Å². The molecule has 2 aliphatic rings. The van der Waals surface area contributed by atoms with Crippen LogP contribution < -0.4 is 10.6 Å². The molecule has 1 fully saturated rings. The molecule has 2 amide bonds.